The highest BCUT2D eigenvalue weighted by atomic mass is 35.5. The Hall–Kier alpha value is -3.62. The van der Waals surface area contributed by atoms with Crippen LogP contribution in [0.3, 0.4) is 0 Å². The zero-order valence-corrected chi connectivity index (χ0v) is 17.8. The molecule has 2 aromatic heterocycles. The molecular weight excluding hydrogens is 453 g/mol. The molecular formula is C23H13ClFN3O3S. The van der Waals surface area contributed by atoms with Gasteiger partial charge in [0.2, 0.25) is 0 Å². The molecule has 1 unspecified atom stereocenters. The molecule has 0 aliphatic carbocycles. The van der Waals surface area contributed by atoms with E-state index in [1.807, 2.05) is 0 Å². The number of pyridine rings is 1. The predicted octanol–water partition coefficient (Wildman–Crippen LogP) is 5.11. The molecule has 2 aromatic carbocycles. The minimum atomic E-state index is -0.954. The van der Waals surface area contributed by atoms with Gasteiger partial charge in [-0.3, -0.25) is 19.5 Å². The number of carbonyl (C=O) groups is 2. The molecule has 0 saturated carbocycles. The van der Waals surface area contributed by atoms with Crippen LogP contribution in [0.4, 0.5) is 9.52 Å². The van der Waals surface area contributed by atoms with Crippen LogP contribution in [0.5, 0.6) is 0 Å². The van der Waals surface area contributed by atoms with Gasteiger partial charge < -0.3 is 5.11 Å². The number of nitrogens with zero attached hydrogens (tertiary/aromatic N) is 3. The van der Waals surface area contributed by atoms with Gasteiger partial charge in [-0.1, -0.05) is 29.0 Å². The number of aliphatic hydroxyl groups is 1. The van der Waals surface area contributed by atoms with Crippen LogP contribution in [0.15, 0.2) is 72.6 Å². The smallest absolute Gasteiger partial charge is 0.301 e. The summed E-state index contributed by atoms with van der Waals surface area (Å²) < 4.78 is 14.2. The first-order valence-electron chi connectivity index (χ1n) is 9.47. The number of hydrogen-bond donors (Lipinski definition) is 1. The average molecular weight is 466 g/mol. The number of Topliss-reactive ketones (excluding diaryl/α,β-unsaturated/α-hetero) is 1. The molecule has 1 atom stereocenters. The minimum Gasteiger partial charge on any atom is -0.507 e. The molecule has 0 bridgehead atoms. The number of thiazole rings is 1. The molecule has 158 valence electrons. The minimum absolute atomic E-state index is 0.0873. The quantitative estimate of drug-likeness (QED) is 0.258. The summed E-state index contributed by atoms with van der Waals surface area (Å²) in [4.78, 5) is 36.0. The number of amides is 1. The Morgan fingerprint density at radius 1 is 1.12 bits per heavy atom. The Balaban J connectivity index is 1.72. The van der Waals surface area contributed by atoms with Gasteiger partial charge in [0.1, 0.15) is 11.6 Å². The van der Waals surface area contributed by atoms with Crippen molar-refractivity contribution in [1.82, 2.24) is 9.97 Å². The van der Waals surface area contributed by atoms with Gasteiger partial charge in [0.05, 0.1) is 21.8 Å². The molecule has 1 N–H and O–H groups in total. The molecule has 4 aromatic rings. The standard InChI is InChI=1S/C23H13ClFN3O3S/c24-14-5-3-12(4-6-14)20(29)18-19(13-2-1-9-26-11-13)28(22(31)21(18)30)23-27-16-8-7-15(25)10-17(16)32-23/h1-11,19,29H. The van der Waals surface area contributed by atoms with Crippen molar-refractivity contribution in [1.29, 1.82) is 0 Å². The van der Waals surface area contributed by atoms with Gasteiger partial charge in [-0.2, -0.15) is 0 Å². The SMILES string of the molecule is O=C1C(=O)N(c2nc3ccc(F)cc3s2)C(c2cccnc2)C1=C(O)c1ccc(Cl)cc1. The number of anilines is 1. The Morgan fingerprint density at radius 2 is 1.91 bits per heavy atom. The molecule has 1 aliphatic rings. The van der Waals surface area contributed by atoms with E-state index in [4.69, 9.17) is 11.6 Å². The summed E-state index contributed by atoms with van der Waals surface area (Å²) >= 11 is 7.02. The van der Waals surface area contributed by atoms with Crippen molar-refractivity contribution in [2.45, 2.75) is 6.04 Å². The number of aliphatic hydroxyl groups excluding tert-OH is 1. The first-order valence-corrected chi connectivity index (χ1v) is 10.7. The highest BCUT2D eigenvalue weighted by Crippen LogP contribution is 2.44. The fourth-order valence-electron chi connectivity index (χ4n) is 3.64. The summed E-state index contributed by atoms with van der Waals surface area (Å²) in [5.74, 6) is -2.45. The maximum Gasteiger partial charge on any atom is 0.301 e. The molecule has 1 fully saturated rings. The second-order valence-corrected chi connectivity index (χ2v) is 8.52. The number of halogens is 2. The molecule has 9 heteroatoms. The fraction of sp³-hybridized carbons (Fsp3) is 0.0435. The van der Waals surface area contributed by atoms with Crippen molar-refractivity contribution in [3.05, 3.63) is 94.5 Å². The largest absolute Gasteiger partial charge is 0.507 e. The van der Waals surface area contributed by atoms with E-state index in [0.29, 0.717) is 26.4 Å². The van der Waals surface area contributed by atoms with E-state index in [2.05, 4.69) is 9.97 Å². The van der Waals surface area contributed by atoms with E-state index in [1.165, 1.54) is 29.3 Å². The maximum atomic E-state index is 13.7. The molecule has 32 heavy (non-hydrogen) atoms. The number of ketones is 1. The Kier molecular flexibility index (Phi) is 4.96. The summed E-state index contributed by atoms with van der Waals surface area (Å²) in [5.41, 5.74) is 1.27. The van der Waals surface area contributed by atoms with Crippen molar-refractivity contribution >= 4 is 55.7 Å². The van der Waals surface area contributed by atoms with Gasteiger partial charge in [0.25, 0.3) is 5.78 Å². The van der Waals surface area contributed by atoms with E-state index < -0.39 is 23.5 Å². The Labute approximate surface area is 190 Å². The average Bonchev–Trinajstić information content (AvgIpc) is 3.32. The number of carbonyl (C=O) groups excluding carboxylic acids is 2. The zero-order chi connectivity index (χ0) is 22.4. The summed E-state index contributed by atoms with van der Waals surface area (Å²) in [6.45, 7) is 0. The van der Waals surface area contributed by atoms with E-state index in [9.17, 15) is 19.1 Å². The van der Waals surface area contributed by atoms with E-state index >= 15 is 0 Å². The van der Waals surface area contributed by atoms with Crippen LogP contribution >= 0.6 is 22.9 Å². The van der Waals surface area contributed by atoms with Crippen molar-refractivity contribution < 1.29 is 19.1 Å². The Bertz CT molecular complexity index is 1400. The summed E-state index contributed by atoms with van der Waals surface area (Å²) in [7, 11) is 0. The number of rotatable bonds is 3. The van der Waals surface area contributed by atoms with Crippen LogP contribution in [-0.4, -0.2) is 26.8 Å². The number of benzene rings is 2. The predicted molar refractivity (Wildman–Crippen MR) is 120 cm³/mol. The van der Waals surface area contributed by atoms with Gasteiger partial charge in [-0.15, -0.1) is 0 Å². The van der Waals surface area contributed by atoms with Crippen LogP contribution in [-0.2, 0) is 9.59 Å². The van der Waals surface area contributed by atoms with E-state index in [0.717, 1.165) is 11.3 Å². The molecule has 0 spiro atoms. The summed E-state index contributed by atoms with van der Waals surface area (Å²) in [6, 6.07) is 12.8. The van der Waals surface area contributed by atoms with Gasteiger partial charge >= 0.3 is 5.91 Å². The molecule has 1 aliphatic heterocycles. The number of fused-ring (bicyclic) bond motifs is 1. The molecule has 6 nitrogen and oxygen atoms in total. The van der Waals surface area contributed by atoms with Crippen LogP contribution < -0.4 is 4.90 Å². The fourth-order valence-corrected chi connectivity index (χ4v) is 4.78. The van der Waals surface area contributed by atoms with Crippen molar-refractivity contribution in [2.24, 2.45) is 0 Å². The molecule has 5 rings (SSSR count). The second kappa shape index (κ2) is 7.81. The van der Waals surface area contributed by atoms with Crippen LogP contribution in [0.25, 0.3) is 16.0 Å². The maximum absolute atomic E-state index is 13.7. The van der Waals surface area contributed by atoms with Gasteiger partial charge in [-0.05, 0) is 54.1 Å². The molecule has 1 amide bonds. The van der Waals surface area contributed by atoms with E-state index in [1.54, 1.807) is 42.6 Å². The molecule has 0 radical (unpaired) electrons. The highest BCUT2D eigenvalue weighted by Gasteiger charge is 2.48. The van der Waals surface area contributed by atoms with Crippen LogP contribution in [0.1, 0.15) is 17.2 Å². The lowest BCUT2D eigenvalue weighted by Gasteiger charge is -2.22. The molecule has 3 heterocycles. The van der Waals surface area contributed by atoms with E-state index in [-0.39, 0.29) is 16.5 Å². The third kappa shape index (κ3) is 3.34. The number of hydrogen-bond acceptors (Lipinski definition) is 6. The lowest BCUT2D eigenvalue weighted by atomic mass is 9.96. The first-order chi connectivity index (χ1) is 15.4. The third-order valence-corrected chi connectivity index (χ3v) is 6.38. The van der Waals surface area contributed by atoms with Gasteiger partial charge in [-0.25, -0.2) is 9.37 Å². The van der Waals surface area contributed by atoms with Gasteiger partial charge in [0.15, 0.2) is 5.13 Å². The normalized spacial score (nSPS) is 17.9. The number of aromatic nitrogens is 2. The Morgan fingerprint density at radius 3 is 2.62 bits per heavy atom. The summed E-state index contributed by atoms with van der Waals surface area (Å²) in [6.07, 6.45) is 3.08. The highest BCUT2D eigenvalue weighted by molar-refractivity contribution is 7.22. The van der Waals surface area contributed by atoms with Crippen molar-refractivity contribution in [3.8, 4) is 0 Å². The van der Waals surface area contributed by atoms with Crippen molar-refractivity contribution in [3.63, 3.8) is 0 Å². The lowest BCUT2D eigenvalue weighted by Crippen LogP contribution is -2.29. The third-order valence-electron chi connectivity index (χ3n) is 5.11. The summed E-state index contributed by atoms with van der Waals surface area (Å²) in [5, 5.41) is 11.7. The van der Waals surface area contributed by atoms with Gasteiger partial charge in [0, 0.05) is 23.0 Å². The second-order valence-electron chi connectivity index (χ2n) is 7.07. The topological polar surface area (TPSA) is 83.4 Å². The molecule has 1 saturated heterocycles. The lowest BCUT2D eigenvalue weighted by molar-refractivity contribution is -0.132. The van der Waals surface area contributed by atoms with Crippen LogP contribution in [0.2, 0.25) is 5.02 Å². The van der Waals surface area contributed by atoms with Crippen molar-refractivity contribution in [2.75, 3.05) is 4.90 Å². The first kappa shape index (κ1) is 20.3. The zero-order valence-electron chi connectivity index (χ0n) is 16.2. The van der Waals surface area contributed by atoms with Crippen LogP contribution in [0, 0.1) is 5.82 Å². The monoisotopic (exact) mass is 465 g/mol.